The number of carbonyl (C=O) groups excluding carboxylic acids is 1. The third kappa shape index (κ3) is 3.34. The van der Waals surface area contributed by atoms with Crippen LogP contribution in [0, 0.1) is 0 Å². The summed E-state index contributed by atoms with van der Waals surface area (Å²) in [5.41, 5.74) is 0.861. The van der Waals surface area contributed by atoms with Crippen LogP contribution in [0.5, 0.6) is 0 Å². The molecule has 1 amide bonds. The lowest BCUT2D eigenvalue weighted by molar-refractivity contribution is -0.115. The summed E-state index contributed by atoms with van der Waals surface area (Å²) >= 11 is 8.98. The number of benzene rings is 1. The van der Waals surface area contributed by atoms with Gasteiger partial charge in [-0.3, -0.25) is 4.79 Å². The Labute approximate surface area is 113 Å². The molecular weight excluding hydrogens is 276 g/mol. The Bertz CT molecular complexity index is 541. The molecule has 0 spiro atoms. The van der Waals surface area contributed by atoms with Crippen LogP contribution >= 0.6 is 34.7 Å². The average Bonchev–Trinajstić information content (AvgIpc) is 2.67. The second kappa shape index (κ2) is 5.71. The Kier molecular flexibility index (Phi) is 4.25. The molecule has 0 aliphatic carbocycles. The lowest BCUT2D eigenvalue weighted by atomic mass is 10.3. The fourth-order valence-corrected chi connectivity index (χ4v) is 2.88. The highest BCUT2D eigenvalue weighted by molar-refractivity contribution is 7.98. The van der Waals surface area contributed by atoms with E-state index >= 15 is 0 Å². The van der Waals surface area contributed by atoms with E-state index in [-0.39, 0.29) is 5.91 Å². The minimum Gasteiger partial charge on any atom is -0.302 e. The molecule has 90 valence electrons. The van der Waals surface area contributed by atoms with Crippen LogP contribution < -0.4 is 5.32 Å². The van der Waals surface area contributed by atoms with Gasteiger partial charge in [-0.25, -0.2) is 4.98 Å². The molecule has 0 aliphatic rings. The molecule has 17 heavy (non-hydrogen) atoms. The predicted molar refractivity (Wildman–Crippen MR) is 76.3 cm³/mol. The van der Waals surface area contributed by atoms with E-state index in [2.05, 4.69) is 10.3 Å². The van der Waals surface area contributed by atoms with E-state index in [1.807, 2.05) is 18.4 Å². The van der Waals surface area contributed by atoms with Crippen LogP contribution in [0.4, 0.5) is 5.13 Å². The number of rotatable bonds is 4. The van der Waals surface area contributed by atoms with Crippen LogP contribution in [0.15, 0.2) is 18.2 Å². The van der Waals surface area contributed by atoms with Crippen molar-refractivity contribution in [3.8, 4) is 0 Å². The van der Waals surface area contributed by atoms with Crippen molar-refractivity contribution in [2.45, 2.75) is 6.42 Å². The number of thioether (sulfide) groups is 1. The molecule has 1 N–H and O–H groups in total. The number of hydrogen-bond donors (Lipinski definition) is 1. The smallest absolute Gasteiger partial charge is 0.226 e. The first-order valence-electron chi connectivity index (χ1n) is 5.04. The molecule has 0 fully saturated rings. The van der Waals surface area contributed by atoms with Crippen LogP contribution in [-0.4, -0.2) is 22.9 Å². The number of nitrogens with one attached hydrogen (secondary N) is 1. The summed E-state index contributed by atoms with van der Waals surface area (Å²) in [6, 6.07) is 5.50. The van der Waals surface area contributed by atoms with Gasteiger partial charge in [-0.15, -0.1) is 0 Å². The average molecular weight is 287 g/mol. The molecular formula is C11H11ClN2OS2. The van der Waals surface area contributed by atoms with Crippen molar-refractivity contribution in [1.82, 2.24) is 4.98 Å². The van der Waals surface area contributed by atoms with Crippen LogP contribution in [0.25, 0.3) is 10.2 Å². The van der Waals surface area contributed by atoms with E-state index in [0.717, 1.165) is 16.0 Å². The summed E-state index contributed by atoms with van der Waals surface area (Å²) in [4.78, 5) is 15.9. The maximum Gasteiger partial charge on any atom is 0.226 e. The number of nitrogens with zero attached hydrogens (tertiary/aromatic N) is 1. The van der Waals surface area contributed by atoms with Gasteiger partial charge < -0.3 is 5.32 Å². The normalized spacial score (nSPS) is 10.7. The first-order chi connectivity index (χ1) is 8.19. The maximum atomic E-state index is 11.5. The number of aromatic nitrogens is 1. The molecule has 1 aromatic heterocycles. The van der Waals surface area contributed by atoms with Gasteiger partial charge in [-0.05, 0) is 24.5 Å². The van der Waals surface area contributed by atoms with Crippen LogP contribution in [0.2, 0.25) is 5.02 Å². The van der Waals surface area contributed by atoms with Crippen molar-refractivity contribution in [3.63, 3.8) is 0 Å². The highest BCUT2D eigenvalue weighted by Crippen LogP contribution is 2.28. The van der Waals surface area contributed by atoms with E-state index in [0.29, 0.717) is 16.6 Å². The number of anilines is 1. The first kappa shape index (κ1) is 12.7. The van der Waals surface area contributed by atoms with Crippen LogP contribution in [0.3, 0.4) is 0 Å². The van der Waals surface area contributed by atoms with Crippen LogP contribution in [0.1, 0.15) is 6.42 Å². The second-order valence-electron chi connectivity index (χ2n) is 3.42. The molecule has 0 saturated heterocycles. The Hall–Kier alpha value is -0.780. The Morgan fingerprint density at radius 3 is 3.18 bits per heavy atom. The number of carbonyl (C=O) groups is 1. The maximum absolute atomic E-state index is 11.5. The van der Waals surface area contributed by atoms with E-state index < -0.39 is 0 Å². The van der Waals surface area contributed by atoms with Gasteiger partial charge in [0.2, 0.25) is 5.91 Å². The summed E-state index contributed by atoms with van der Waals surface area (Å²) in [5, 5.41) is 4.11. The monoisotopic (exact) mass is 286 g/mol. The minimum absolute atomic E-state index is 0.00417. The van der Waals surface area contributed by atoms with Gasteiger partial charge in [-0.2, -0.15) is 11.8 Å². The minimum atomic E-state index is 0.00417. The van der Waals surface area contributed by atoms with Gasteiger partial charge in [0.1, 0.15) is 0 Å². The zero-order valence-electron chi connectivity index (χ0n) is 9.20. The van der Waals surface area contributed by atoms with Crippen molar-refractivity contribution < 1.29 is 4.79 Å². The molecule has 0 atom stereocenters. The number of amides is 1. The standard InChI is InChI=1S/C11H11ClN2OS2/c1-16-5-4-10(15)14-11-13-8-3-2-7(12)6-9(8)17-11/h2-3,6H,4-5H2,1H3,(H,13,14,15). The topological polar surface area (TPSA) is 42.0 Å². The van der Waals surface area contributed by atoms with Crippen molar-refractivity contribution >= 4 is 56.0 Å². The zero-order valence-corrected chi connectivity index (χ0v) is 11.6. The summed E-state index contributed by atoms with van der Waals surface area (Å²) in [5.74, 6) is 0.826. The molecule has 2 rings (SSSR count). The lowest BCUT2D eigenvalue weighted by Gasteiger charge is -1.98. The van der Waals surface area contributed by atoms with Crippen molar-refractivity contribution in [2.24, 2.45) is 0 Å². The number of fused-ring (bicyclic) bond motifs is 1. The molecule has 3 nitrogen and oxygen atoms in total. The van der Waals surface area contributed by atoms with Crippen molar-refractivity contribution in [2.75, 3.05) is 17.3 Å². The molecule has 1 heterocycles. The van der Waals surface area contributed by atoms with E-state index in [1.54, 1.807) is 17.8 Å². The SMILES string of the molecule is CSCCC(=O)Nc1nc2ccc(Cl)cc2s1. The van der Waals surface area contributed by atoms with Gasteiger partial charge in [0.05, 0.1) is 10.2 Å². The molecule has 0 unspecified atom stereocenters. The van der Waals surface area contributed by atoms with Gasteiger partial charge in [0.25, 0.3) is 0 Å². The molecule has 1 aromatic carbocycles. The quantitative estimate of drug-likeness (QED) is 0.933. The number of hydrogen-bond acceptors (Lipinski definition) is 4. The predicted octanol–water partition coefficient (Wildman–Crippen LogP) is 3.64. The van der Waals surface area contributed by atoms with E-state index in [4.69, 9.17) is 11.6 Å². The van der Waals surface area contributed by atoms with Gasteiger partial charge in [-0.1, -0.05) is 22.9 Å². The van der Waals surface area contributed by atoms with Crippen molar-refractivity contribution in [3.05, 3.63) is 23.2 Å². The number of halogens is 1. The molecule has 0 aliphatic heterocycles. The zero-order chi connectivity index (χ0) is 12.3. The molecule has 0 radical (unpaired) electrons. The van der Waals surface area contributed by atoms with Gasteiger partial charge >= 0.3 is 0 Å². The molecule has 0 saturated carbocycles. The van der Waals surface area contributed by atoms with Gasteiger partial charge in [0, 0.05) is 17.2 Å². The fourth-order valence-electron chi connectivity index (χ4n) is 1.33. The Morgan fingerprint density at radius 1 is 1.59 bits per heavy atom. The van der Waals surface area contributed by atoms with Crippen LogP contribution in [-0.2, 0) is 4.79 Å². The summed E-state index contributed by atoms with van der Waals surface area (Å²) in [6.07, 6.45) is 2.49. The fraction of sp³-hybridized carbons (Fsp3) is 0.273. The Morgan fingerprint density at radius 2 is 2.41 bits per heavy atom. The number of thiazole rings is 1. The lowest BCUT2D eigenvalue weighted by Crippen LogP contribution is -2.11. The third-order valence-electron chi connectivity index (χ3n) is 2.13. The first-order valence-corrected chi connectivity index (χ1v) is 7.63. The summed E-state index contributed by atoms with van der Waals surface area (Å²) < 4.78 is 0.984. The molecule has 2 aromatic rings. The van der Waals surface area contributed by atoms with Crippen molar-refractivity contribution in [1.29, 1.82) is 0 Å². The van der Waals surface area contributed by atoms with Gasteiger partial charge in [0.15, 0.2) is 5.13 Å². The van der Waals surface area contributed by atoms with E-state index in [1.165, 1.54) is 11.3 Å². The summed E-state index contributed by atoms with van der Waals surface area (Å²) in [6.45, 7) is 0. The van der Waals surface area contributed by atoms with E-state index in [9.17, 15) is 4.79 Å². The second-order valence-corrected chi connectivity index (χ2v) is 5.87. The summed E-state index contributed by atoms with van der Waals surface area (Å²) in [7, 11) is 0. The molecule has 6 heteroatoms. The Balaban J connectivity index is 2.11. The highest BCUT2D eigenvalue weighted by atomic mass is 35.5. The highest BCUT2D eigenvalue weighted by Gasteiger charge is 2.07. The molecule has 0 bridgehead atoms. The largest absolute Gasteiger partial charge is 0.302 e. The third-order valence-corrected chi connectivity index (χ3v) is 3.91.